The van der Waals surface area contributed by atoms with Crippen LogP contribution in [0.3, 0.4) is 0 Å². The number of aliphatic hydroxyl groups excluding tert-OH is 1. The lowest BCUT2D eigenvalue weighted by Crippen LogP contribution is -1.96. The summed E-state index contributed by atoms with van der Waals surface area (Å²) in [6.07, 6.45) is 2.93. The zero-order valence-corrected chi connectivity index (χ0v) is 10.1. The van der Waals surface area contributed by atoms with Gasteiger partial charge in [-0.05, 0) is 30.2 Å². The lowest BCUT2D eigenvalue weighted by Gasteiger charge is -2.08. The molecule has 1 unspecified atom stereocenters. The third-order valence-corrected chi connectivity index (χ3v) is 4.88. The number of rotatable bonds is 3. The van der Waals surface area contributed by atoms with Gasteiger partial charge in [-0.15, -0.1) is 11.3 Å². The van der Waals surface area contributed by atoms with E-state index in [1.54, 1.807) is 0 Å². The zero-order valence-electron chi connectivity index (χ0n) is 8.45. The van der Waals surface area contributed by atoms with Gasteiger partial charge in [-0.3, -0.25) is 0 Å². The molecule has 78 valence electrons. The van der Waals surface area contributed by atoms with E-state index in [2.05, 4.69) is 13.0 Å². The quantitative estimate of drug-likeness (QED) is 0.856. The SMILES string of the molecule is CCCC(O)c1cc2c(s1)CCSC2. The Kier molecular flexibility index (Phi) is 3.52. The maximum Gasteiger partial charge on any atom is 0.0882 e. The maximum absolute atomic E-state index is 9.87. The van der Waals surface area contributed by atoms with Crippen molar-refractivity contribution in [1.29, 1.82) is 0 Å². The molecule has 0 saturated heterocycles. The van der Waals surface area contributed by atoms with E-state index in [1.165, 1.54) is 27.5 Å². The highest BCUT2D eigenvalue weighted by molar-refractivity contribution is 7.98. The Labute approximate surface area is 93.5 Å². The van der Waals surface area contributed by atoms with Gasteiger partial charge in [0.05, 0.1) is 6.10 Å². The van der Waals surface area contributed by atoms with E-state index >= 15 is 0 Å². The molecular formula is C11H16OS2. The van der Waals surface area contributed by atoms with Crippen LogP contribution in [-0.4, -0.2) is 10.9 Å². The van der Waals surface area contributed by atoms with Gasteiger partial charge in [-0.1, -0.05) is 13.3 Å². The Morgan fingerprint density at radius 2 is 2.43 bits per heavy atom. The smallest absolute Gasteiger partial charge is 0.0882 e. The second-order valence-electron chi connectivity index (χ2n) is 3.70. The first kappa shape index (κ1) is 10.5. The summed E-state index contributed by atoms with van der Waals surface area (Å²) in [4.78, 5) is 2.69. The Hall–Kier alpha value is 0.01000. The molecule has 0 aliphatic carbocycles. The normalized spacial score (nSPS) is 17.9. The minimum atomic E-state index is -0.222. The number of aryl methyl sites for hydroxylation is 1. The van der Waals surface area contributed by atoms with E-state index in [0.29, 0.717) is 0 Å². The highest BCUT2D eigenvalue weighted by Crippen LogP contribution is 2.35. The summed E-state index contributed by atoms with van der Waals surface area (Å²) in [6, 6.07) is 2.21. The molecule has 2 rings (SSSR count). The van der Waals surface area contributed by atoms with Gasteiger partial charge in [-0.2, -0.15) is 11.8 Å². The molecule has 1 aromatic rings. The van der Waals surface area contributed by atoms with Crippen LogP contribution in [0.25, 0.3) is 0 Å². The van der Waals surface area contributed by atoms with Crippen LogP contribution in [-0.2, 0) is 12.2 Å². The average Bonchev–Trinajstić information content (AvgIpc) is 2.61. The summed E-state index contributed by atoms with van der Waals surface area (Å²) in [5.41, 5.74) is 1.47. The molecule has 0 radical (unpaired) electrons. The van der Waals surface area contributed by atoms with Crippen molar-refractivity contribution in [3.05, 3.63) is 21.4 Å². The highest BCUT2D eigenvalue weighted by atomic mass is 32.2. The fourth-order valence-corrected chi connectivity index (χ4v) is 4.15. The Morgan fingerprint density at radius 3 is 3.14 bits per heavy atom. The van der Waals surface area contributed by atoms with Crippen LogP contribution in [0.1, 0.15) is 41.2 Å². The van der Waals surface area contributed by atoms with Crippen LogP contribution in [0, 0.1) is 0 Å². The summed E-state index contributed by atoms with van der Waals surface area (Å²) in [5, 5.41) is 9.87. The van der Waals surface area contributed by atoms with Crippen molar-refractivity contribution in [2.24, 2.45) is 0 Å². The predicted octanol–water partition coefficient (Wildman–Crippen LogP) is 3.37. The first-order valence-corrected chi connectivity index (χ1v) is 7.15. The fraction of sp³-hybridized carbons (Fsp3) is 0.636. The molecule has 0 amide bonds. The molecule has 1 nitrogen and oxygen atoms in total. The summed E-state index contributed by atoms with van der Waals surface area (Å²) in [6.45, 7) is 2.12. The lowest BCUT2D eigenvalue weighted by molar-refractivity contribution is 0.170. The van der Waals surface area contributed by atoms with E-state index in [0.717, 1.165) is 18.6 Å². The molecule has 2 heterocycles. The third-order valence-electron chi connectivity index (χ3n) is 2.54. The van der Waals surface area contributed by atoms with Crippen molar-refractivity contribution in [1.82, 2.24) is 0 Å². The zero-order chi connectivity index (χ0) is 9.97. The minimum absolute atomic E-state index is 0.222. The largest absolute Gasteiger partial charge is 0.388 e. The fourth-order valence-electron chi connectivity index (χ4n) is 1.75. The molecule has 1 N–H and O–H groups in total. The molecular weight excluding hydrogens is 212 g/mol. The van der Waals surface area contributed by atoms with E-state index < -0.39 is 0 Å². The minimum Gasteiger partial charge on any atom is -0.388 e. The van der Waals surface area contributed by atoms with E-state index in [-0.39, 0.29) is 6.10 Å². The molecule has 3 heteroatoms. The van der Waals surface area contributed by atoms with Crippen molar-refractivity contribution >= 4 is 23.1 Å². The van der Waals surface area contributed by atoms with Crippen LogP contribution in [0.15, 0.2) is 6.07 Å². The number of thiophene rings is 1. The first-order chi connectivity index (χ1) is 6.81. The summed E-state index contributed by atoms with van der Waals surface area (Å²) in [7, 11) is 0. The van der Waals surface area contributed by atoms with Crippen molar-refractivity contribution < 1.29 is 5.11 Å². The van der Waals surface area contributed by atoms with Gasteiger partial charge in [0.25, 0.3) is 0 Å². The van der Waals surface area contributed by atoms with Gasteiger partial charge in [0.15, 0.2) is 0 Å². The van der Waals surface area contributed by atoms with Gasteiger partial charge < -0.3 is 5.11 Å². The van der Waals surface area contributed by atoms with Gasteiger partial charge in [-0.25, -0.2) is 0 Å². The van der Waals surface area contributed by atoms with Gasteiger partial charge >= 0.3 is 0 Å². The van der Waals surface area contributed by atoms with Crippen molar-refractivity contribution in [3.63, 3.8) is 0 Å². The molecule has 0 saturated carbocycles. The second kappa shape index (κ2) is 4.69. The Morgan fingerprint density at radius 1 is 1.57 bits per heavy atom. The summed E-state index contributed by atoms with van der Waals surface area (Å²) < 4.78 is 0. The van der Waals surface area contributed by atoms with Crippen LogP contribution in [0.5, 0.6) is 0 Å². The molecule has 14 heavy (non-hydrogen) atoms. The molecule has 1 aromatic heterocycles. The van der Waals surface area contributed by atoms with E-state index in [1.807, 2.05) is 23.1 Å². The van der Waals surface area contributed by atoms with Gasteiger partial charge in [0, 0.05) is 15.5 Å². The van der Waals surface area contributed by atoms with Crippen LogP contribution < -0.4 is 0 Å². The first-order valence-electron chi connectivity index (χ1n) is 5.18. The van der Waals surface area contributed by atoms with Gasteiger partial charge in [0.1, 0.15) is 0 Å². The molecule has 1 aliphatic rings. The number of thioether (sulfide) groups is 1. The molecule has 0 aromatic carbocycles. The van der Waals surface area contributed by atoms with Crippen LogP contribution >= 0.6 is 23.1 Å². The van der Waals surface area contributed by atoms with E-state index in [9.17, 15) is 5.11 Å². The van der Waals surface area contributed by atoms with Crippen molar-refractivity contribution in [3.8, 4) is 0 Å². The highest BCUT2D eigenvalue weighted by Gasteiger charge is 2.17. The van der Waals surface area contributed by atoms with Crippen molar-refractivity contribution in [2.45, 2.75) is 38.0 Å². The third kappa shape index (κ3) is 2.15. The summed E-state index contributed by atoms with van der Waals surface area (Å²) >= 11 is 3.82. The molecule has 0 bridgehead atoms. The predicted molar refractivity (Wildman–Crippen MR) is 64.1 cm³/mol. The number of hydrogen-bond acceptors (Lipinski definition) is 3. The summed E-state index contributed by atoms with van der Waals surface area (Å²) in [5.74, 6) is 2.39. The monoisotopic (exact) mass is 228 g/mol. The van der Waals surface area contributed by atoms with E-state index in [4.69, 9.17) is 0 Å². The Balaban J connectivity index is 2.15. The van der Waals surface area contributed by atoms with Gasteiger partial charge in [0.2, 0.25) is 0 Å². The average molecular weight is 228 g/mol. The standard InChI is InChI=1S/C11H16OS2/c1-2-3-9(12)11-6-8-7-13-5-4-10(8)14-11/h6,9,12H,2-5,7H2,1H3. The lowest BCUT2D eigenvalue weighted by atomic mass is 10.1. The molecule has 1 aliphatic heterocycles. The van der Waals surface area contributed by atoms with Crippen molar-refractivity contribution in [2.75, 3.05) is 5.75 Å². The maximum atomic E-state index is 9.87. The molecule has 0 spiro atoms. The molecule has 0 fully saturated rings. The number of hydrogen-bond donors (Lipinski definition) is 1. The molecule has 1 atom stereocenters. The van der Waals surface area contributed by atoms with Crippen LogP contribution in [0.4, 0.5) is 0 Å². The van der Waals surface area contributed by atoms with Crippen LogP contribution in [0.2, 0.25) is 0 Å². The topological polar surface area (TPSA) is 20.2 Å². The Bertz CT molecular complexity index is 283. The number of aliphatic hydroxyl groups is 1. The second-order valence-corrected chi connectivity index (χ2v) is 5.98. The number of fused-ring (bicyclic) bond motifs is 1.